The van der Waals surface area contributed by atoms with E-state index in [1.54, 1.807) is 0 Å². The van der Waals surface area contributed by atoms with Crippen molar-refractivity contribution < 1.29 is 14.3 Å². The molecular weight excluding hydrogens is 159 g/mol. The lowest BCUT2D eigenvalue weighted by atomic mass is 10.1. The fourth-order valence-electron chi connectivity index (χ4n) is 1.49. The van der Waals surface area contributed by atoms with Crippen LogP contribution in [0.15, 0.2) is 12.1 Å². The fraction of sp³-hybridized carbons (Fsp3) is 0.222. The molecule has 1 aromatic rings. The average molecular weight is 166 g/mol. The van der Waals surface area contributed by atoms with Crippen LogP contribution in [-0.2, 0) is 6.42 Å². The van der Waals surface area contributed by atoms with Crippen LogP contribution in [-0.4, -0.2) is 10.9 Å². The number of halogens is 1. The summed E-state index contributed by atoms with van der Waals surface area (Å²) in [6.45, 7) is 0. The van der Waals surface area contributed by atoms with Gasteiger partial charge in [-0.25, -0.2) is 4.39 Å². The minimum absolute atomic E-state index is 0.0381. The van der Waals surface area contributed by atoms with Crippen LogP contribution in [0.4, 0.5) is 4.39 Å². The van der Waals surface area contributed by atoms with Gasteiger partial charge in [0.25, 0.3) is 0 Å². The number of fused-ring (bicyclic) bond motifs is 1. The Morgan fingerprint density at radius 1 is 1.33 bits per heavy atom. The van der Waals surface area contributed by atoms with Gasteiger partial charge < -0.3 is 5.11 Å². The number of hydrogen-bond acceptors (Lipinski definition) is 2. The molecule has 3 heteroatoms. The van der Waals surface area contributed by atoms with Gasteiger partial charge in [0.1, 0.15) is 0 Å². The predicted molar refractivity (Wildman–Crippen MR) is 40.7 cm³/mol. The number of hydrogen-bond donors (Lipinski definition) is 1. The van der Waals surface area contributed by atoms with E-state index in [4.69, 9.17) is 5.11 Å². The standard InChI is InChI=1S/C9H7FO2/c10-9-6-2-3-7(11)5(6)1-4-8(9)12/h1,4,12H,2-3H2. The lowest BCUT2D eigenvalue weighted by Crippen LogP contribution is -1.92. The number of benzene rings is 1. The molecule has 0 fully saturated rings. The Hall–Kier alpha value is -1.38. The molecule has 0 aliphatic heterocycles. The van der Waals surface area contributed by atoms with E-state index in [1.165, 1.54) is 12.1 Å². The largest absolute Gasteiger partial charge is 0.505 e. The van der Waals surface area contributed by atoms with Gasteiger partial charge in [0.15, 0.2) is 17.3 Å². The van der Waals surface area contributed by atoms with E-state index in [0.29, 0.717) is 24.0 Å². The van der Waals surface area contributed by atoms with Crippen molar-refractivity contribution in [1.29, 1.82) is 0 Å². The Kier molecular flexibility index (Phi) is 1.40. The summed E-state index contributed by atoms with van der Waals surface area (Å²) in [5.41, 5.74) is 0.783. The summed E-state index contributed by atoms with van der Waals surface area (Å²) >= 11 is 0. The van der Waals surface area contributed by atoms with Gasteiger partial charge in [0.2, 0.25) is 0 Å². The van der Waals surface area contributed by atoms with E-state index in [-0.39, 0.29) is 11.5 Å². The molecule has 1 aromatic carbocycles. The zero-order chi connectivity index (χ0) is 8.72. The minimum Gasteiger partial charge on any atom is -0.505 e. The molecule has 12 heavy (non-hydrogen) atoms. The van der Waals surface area contributed by atoms with E-state index >= 15 is 0 Å². The zero-order valence-electron chi connectivity index (χ0n) is 6.30. The number of phenols is 1. The first-order chi connectivity index (χ1) is 5.70. The van der Waals surface area contributed by atoms with Gasteiger partial charge in [0.05, 0.1) is 0 Å². The van der Waals surface area contributed by atoms with Crippen LogP contribution in [0.1, 0.15) is 22.3 Å². The highest BCUT2D eigenvalue weighted by atomic mass is 19.1. The Morgan fingerprint density at radius 2 is 2.08 bits per heavy atom. The van der Waals surface area contributed by atoms with E-state index in [0.717, 1.165) is 0 Å². The Bertz CT molecular complexity index is 358. The topological polar surface area (TPSA) is 37.3 Å². The van der Waals surface area contributed by atoms with Crippen LogP contribution in [0.5, 0.6) is 5.75 Å². The molecule has 0 aromatic heterocycles. The van der Waals surface area contributed by atoms with Gasteiger partial charge in [-0.05, 0) is 18.6 Å². The van der Waals surface area contributed by atoms with E-state index in [1.807, 2.05) is 0 Å². The molecule has 1 N–H and O–H groups in total. The van der Waals surface area contributed by atoms with Crippen molar-refractivity contribution >= 4 is 5.78 Å². The number of Topliss-reactive ketones (excluding diaryl/α,β-unsaturated/α-hetero) is 1. The van der Waals surface area contributed by atoms with Crippen LogP contribution >= 0.6 is 0 Å². The van der Waals surface area contributed by atoms with Crippen molar-refractivity contribution in [3.8, 4) is 5.75 Å². The van der Waals surface area contributed by atoms with E-state index < -0.39 is 5.82 Å². The lowest BCUT2D eigenvalue weighted by molar-refractivity contribution is 0.0994. The normalized spacial score (nSPS) is 14.9. The summed E-state index contributed by atoms with van der Waals surface area (Å²) in [5, 5.41) is 8.98. The summed E-state index contributed by atoms with van der Waals surface area (Å²) in [7, 11) is 0. The third-order valence-corrected chi connectivity index (χ3v) is 2.13. The number of carbonyl (C=O) groups excluding carboxylic acids is 1. The van der Waals surface area contributed by atoms with Crippen molar-refractivity contribution in [2.45, 2.75) is 12.8 Å². The Labute approximate surface area is 68.6 Å². The van der Waals surface area contributed by atoms with Crippen LogP contribution in [0.2, 0.25) is 0 Å². The molecule has 1 aliphatic carbocycles. The van der Waals surface area contributed by atoms with Gasteiger partial charge in [-0.2, -0.15) is 0 Å². The predicted octanol–water partition coefficient (Wildman–Crippen LogP) is 1.66. The monoisotopic (exact) mass is 166 g/mol. The number of carbonyl (C=O) groups is 1. The maximum absolute atomic E-state index is 13.1. The van der Waals surface area contributed by atoms with Crippen LogP contribution < -0.4 is 0 Å². The lowest BCUT2D eigenvalue weighted by Gasteiger charge is -2.00. The highest BCUT2D eigenvalue weighted by Gasteiger charge is 2.23. The molecule has 0 unspecified atom stereocenters. The number of rotatable bonds is 0. The van der Waals surface area contributed by atoms with Gasteiger partial charge in [0, 0.05) is 17.5 Å². The minimum atomic E-state index is -0.640. The number of phenolic OH excluding ortho intramolecular Hbond substituents is 1. The first-order valence-corrected chi connectivity index (χ1v) is 3.73. The molecule has 0 spiro atoms. The second-order valence-corrected chi connectivity index (χ2v) is 2.85. The van der Waals surface area contributed by atoms with Gasteiger partial charge in [-0.1, -0.05) is 0 Å². The molecule has 2 rings (SSSR count). The number of aromatic hydroxyl groups is 1. The smallest absolute Gasteiger partial charge is 0.168 e. The second-order valence-electron chi connectivity index (χ2n) is 2.85. The third-order valence-electron chi connectivity index (χ3n) is 2.13. The summed E-state index contributed by atoms with van der Waals surface area (Å²) in [4.78, 5) is 11.1. The molecule has 0 heterocycles. The molecule has 0 radical (unpaired) electrons. The summed E-state index contributed by atoms with van der Waals surface area (Å²) in [6, 6.07) is 2.69. The van der Waals surface area contributed by atoms with E-state index in [9.17, 15) is 9.18 Å². The van der Waals surface area contributed by atoms with Crippen LogP contribution in [0.3, 0.4) is 0 Å². The maximum Gasteiger partial charge on any atom is 0.168 e. The van der Waals surface area contributed by atoms with Crippen molar-refractivity contribution in [1.82, 2.24) is 0 Å². The molecule has 62 valence electrons. The quantitative estimate of drug-likeness (QED) is 0.636. The molecule has 0 bridgehead atoms. The van der Waals surface area contributed by atoms with E-state index in [2.05, 4.69) is 0 Å². The SMILES string of the molecule is O=C1CCc2c1ccc(O)c2F. The van der Waals surface area contributed by atoms with Crippen molar-refractivity contribution in [2.24, 2.45) is 0 Å². The highest BCUT2D eigenvalue weighted by molar-refractivity contribution is 6.00. The van der Waals surface area contributed by atoms with Gasteiger partial charge in [-0.15, -0.1) is 0 Å². The zero-order valence-corrected chi connectivity index (χ0v) is 6.30. The summed E-state index contributed by atoms with van der Waals surface area (Å²) < 4.78 is 13.1. The molecular formula is C9H7FO2. The van der Waals surface area contributed by atoms with Crippen molar-refractivity contribution in [2.75, 3.05) is 0 Å². The average Bonchev–Trinajstić information content (AvgIpc) is 2.41. The highest BCUT2D eigenvalue weighted by Crippen LogP contribution is 2.29. The second kappa shape index (κ2) is 2.30. The molecule has 2 nitrogen and oxygen atoms in total. The summed E-state index contributed by atoms with van der Waals surface area (Å²) in [5.74, 6) is -1.05. The summed E-state index contributed by atoms with van der Waals surface area (Å²) in [6.07, 6.45) is 0.768. The fourth-order valence-corrected chi connectivity index (χ4v) is 1.49. The third kappa shape index (κ3) is 0.826. The van der Waals surface area contributed by atoms with Gasteiger partial charge in [-0.3, -0.25) is 4.79 Å². The first-order valence-electron chi connectivity index (χ1n) is 3.73. The Balaban J connectivity index is 2.68. The molecule has 0 amide bonds. The van der Waals surface area contributed by atoms with Crippen LogP contribution in [0.25, 0.3) is 0 Å². The van der Waals surface area contributed by atoms with Crippen molar-refractivity contribution in [3.05, 3.63) is 29.1 Å². The maximum atomic E-state index is 13.1. The Morgan fingerprint density at radius 3 is 2.83 bits per heavy atom. The number of ketones is 1. The first kappa shape index (κ1) is 7.28. The molecule has 1 aliphatic rings. The van der Waals surface area contributed by atoms with Crippen molar-refractivity contribution in [3.63, 3.8) is 0 Å². The van der Waals surface area contributed by atoms with Gasteiger partial charge >= 0.3 is 0 Å². The van der Waals surface area contributed by atoms with Crippen LogP contribution in [0, 0.1) is 5.82 Å². The molecule has 0 saturated heterocycles. The molecule has 0 saturated carbocycles. The molecule has 0 atom stereocenters.